The quantitative estimate of drug-likeness (QED) is 0.624. The molecular formula is C28H39FN6O2. The number of piperidine rings is 1. The van der Waals surface area contributed by atoms with E-state index in [0.29, 0.717) is 34.9 Å². The number of aromatic nitrogens is 2. The molecule has 1 aliphatic carbocycles. The molecule has 4 heterocycles. The zero-order valence-corrected chi connectivity index (χ0v) is 22.1. The minimum Gasteiger partial charge on any atom is -0.375 e. The van der Waals surface area contributed by atoms with Crippen LogP contribution in [0.25, 0.3) is 10.9 Å². The molecule has 4 fully saturated rings. The fourth-order valence-electron chi connectivity index (χ4n) is 7.22. The van der Waals surface area contributed by atoms with E-state index in [1.807, 2.05) is 20.0 Å². The van der Waals surface area contributed by atoms with E-state index in [9.17, 15) is 4.79 Å². The molecule has 0 radical (unpaired) electrons. The van der Waals surface area contributed by atoms with Crippen LogP contribution in [0.3, 0.4) is 0 Å². The van der Waals surface area contributed by atoms with Gasteiger partial charge in [-0.2, -0.15) is 5.10 Å². The summed E-state index contributed by atoms with van der Waals surface area (Å²) < 4.78 is 23.3. The Bertz CT molecular complexity index is 1180. The smallest absolute Gasteiger partial charge is 0.327 e. The van der Waals surface area contributed by atoms with Crippen LogP contribution in [0.4, 0.5) is 20.7 Å². The number of carbonyl (C=O) groups is 1. The maximum Gasteiger partial charge on any atom is 0.327 e. The van der Waals surface area contributed by atoms with Crippen molar-refractivity contribution in [3.63, 3.8) is 0 Å². The van der Waals surface area contributed by atoms with Gasteiger partial charge < -0.3 is 19.9 Å². The van der Waals surface area contributed by atoms with Crippen LogP contribution in [0, 0.1) is 11.2 Å². The molecule has 0 unspecified atom stereocenters. The van der Waals surface area contributed by atoms with Crippen LogP contribution in [0.2, 0.25) is 0 Å². The zero-order valence-electron chi connectivity index (χ0n) is 22.1. The Kier molecular flexibility index (Phi) is 6.18. The molecule has 37 heavy (non-hydrogen) atoms. The predicted octanol–water partition coefficient (Wildman–Crippen LogP) is 4.40. The molecule has 9 heteroatoms. The van der Waals surface area contributed by atoms with Crippen LogP contribution in [0.5, 0.6) is 0 Å². The van der Waals surface area contributed by atoms with Gasteiger partial charge in [-0.05, 0) is 63.3 Å². The van der Waals surface area contributed by atoms with Gasteiger partial charge >= 0.3 is 6.03 Å². The summed E-state index contributed by atoms with van der Waals surface area (Å²) in [5.41, 5.74) is 1.95. The summed E-state index contributed by atoms with van der Waals surface area (Å²) in [7, 11) is 1.84. The van der Waals surface area contributed by atoms with Crippen molar-refractivity contribution in [1.82, 2.24) is 20.0 Å². The van der Waals surface area contributed by atoms with Gasteiger partial charge in [0.05, 0.1) is 16.8 Å². The summed E-state index contributed by atoms with van der Waals surface area (Å²) in [4.78, 5) is 19.0. The molecule has 1 saturated carbocycles. The maximum atomic E-state index is 15.4. The molecule has 0 atom stereocenters. The first kappa shape index (κ1) is 24.7. The van der Waals surface area contributed by atoms with Crippen molar-refractivity contribution in [3.05, 3.63) is 30.7 Å². The lowest BCUT2D eigenvalue weighted by molar-refractivity contribution is -0.0825. The third-order valence-corrected chi connectivity index (χ3v) is 9.21. The van der Waals surface area contributed by atoms with Gasteiger partial charge in [0.1, 0.15) is 5.82 Å². The second-order valence-electron chi connectivity index (χ2n) is 11.7. The molecule has 6 rings (SSSR count). The van der Waals surface area contributed by atoms with Gasteiger partial charge in [-0.25, -0.2) is 9.18 Å². The monoisotopic (exact) mass is 510 g/mol. The van der Waals surface area contributed by atoms with Crippen LogP contribution in [-0.4, -0.2) is 71.7 Å². The number of nitrogens with one attached hydrogen (secondary N) is 1. The Balaban J connectivity index is 1.12. The number of benzene rings is 1. The minimum absolute atomic E-state index is 0.177. The van der Waals surface area contributed by atoms with Crippen LogP contribution < -0.4 is 15.1 Å². The van der Waals surface area contributed by atoms with Crippen molar-refractivity contribution >= 4 is 28.4 Å². The van der Waals surface area contributed by atoms with E-state index in [0.717, 1.165) is 44.7 Å². The highest BCUT2D eigenvalue weighted by Crippen LogP contribution is 2.53. The highest BCUT2D eigenvalue weighted by molar-refractivity contribution is 6.02. The molecular weight excluding hydrogens is 471 g/mol. The molecule has 1 aromatic heterocycles. The number of aryl methyl sites for hydroxylation is 1. The lowest BCUT2D eigenvalue weighted by Gasteiger charge is -2.62. The standard InChI is InChI=1S/C28H39FN6O2/c1-4-10-35(26(36)30-5-2)25-21-14-22(29)24(15-23(21)32(3)31-25)34-18-27(19-34)16-20(17-27)33-11-8-28(9-12-33)7-6-13-37-28/h5,14-15,20H,2,4,6-13,16-19H2,1,3H3,(H,30,36). The number of hydrogen-bond acceptors (Lipinski definition) is 5. The number of hydrogen-bond donors (Lipinski definition) is 1. The largest absolute Gasteiger partial charge is 0.375 e. The number of amides is 2. The first-order valence-corrected chi connectivity index (χ1v) is 13.8. The molecule has 1 aromatic carbocycles. The molecule has 1 N–H and O–H groups in total. The maximum absolute atomic E-state index is 15.4. The van der Waals surface area contributed by atoms with E-state index in [4.69, 9.17) is 4.74 Å². The third kappa shape index (κ3) is 4.20. The second kappa shape index (κ2) is 9.27. The zero-order chi connectivity index (χ0) is 25.8. The van der Waals surface area contributed by atoms with Crippen molar-refractivity contribution in [2.24, 2.45) is 12.5 Å². The number of likely N-dealkylation sites (tertiary alicyclic amines) is 1. The number of ether oxygens (including phenoxy) is 1. The van der Waals surface area contributed by atoms with E-state index >= 15 is 4.39 Å². The van der Waals surface area contributed by atoms with Crippen LogP contribution in [0.15, 0.2) is 24.9 Å². The average Bonchev–Trinajstić information content (AvgIpc) is 3.41. The number of anilines is 2. The summed E-state index contributed by atoms with van der Waals surface area (Å²) >= 11 is 0. The van der Waals surface area contributed by atoms with Crippen molar-refractivity contribution in [3.8, 4) is 0 Å². The van der Waals surface area contributed by atoms with Gasteiger partial charge in [0, 0.05) is 63.2 Å². The van der Waals surface area contributed by atoms with Crippen LogP contribution >= 0.6 is 0 Å². The Morgan fingerprint density at radius 3 is 2.70 bits per heavy atom. The van der Waals surface area contributed by atoms with Gasteiger partial charge in [0.15, 0.2) is 5.82 Å². The molecule has 2 spiro atoms. The molecule has 200 valence electrons. The average molecular weight is 511 g/mol. The normalized spacial score (nSPS) is 22.8. The van der Waals surface area contributed by atoms with Gasteiger partial charge in [-0.3, -0.25) is 9.58 Å². The van der Waals surface area contributed by atoms with Gasteiger partial charge in [-0.15, -0.1) is 0 Å². The molecule has 0 bridgehead atoms. The van der Waals surface area contributed by atoms with E-state index in [2.05, 4.69) is 26.8 Å². The highest BCUT2D eigenvalue weighted by Gasteiger charge is 2.55. The van der Waals surface area contributed by atoms with Crippen molar-refractivity contribution < 1.29 is 13.9 Å². The summed E-state index contributed by atoms with van der Waals surface area (Å²) in [6.45, 7) is 11.1. The topological polar surface area (TPSA) is 65.9 Å². The van der Waals surface area contributed by atoms with Crippen molar-refractivity contribution in [2.75, 3.05) is 49.1 Å². The molecule has 4 aliphatic rings. The van der Waals surface area contributed by atoms with Crippen LogP contribution in [0.1, 0.15) is 51.9 Å². The van der Waals surface area contributed by atoms with Gasteiger partial charge in [-0.1, -0.05) is 13.5 Å². The lowest BCUT2D eigenvalue weighted by Crippen LogP contribution is -2.67. The first-order chi connectivity index (χ1) is 17.9. The molecule has 8 nitrogen and oxygen atoms in total. The van der Waals surface area contributed by atoms with Crippen molar-refractivity contribution in [2.45, 2.75) is 63.5 Å². The Hall–Kier alpha value is -2.65. The first-order valence-electron chi connectivity index (χ1n) is 13.8. The SMILES string of the molecule is C=CNC(=O)N(CCC)c1nn(C)c2cc(N3CC4(CC(N5CCC6(CCCO6)CC5)C4)C3)c(F)cc12. The number of fused-ring (bicyclic) bond motifs is 1. The van der Waals surface area contributed by atoms with E-state index in [-0.39, 0.29) is 17.4 Å². The summed E-state index contributed by atoms with van der Waals surface area (Å²) in [6, 6.07) is 3.79. The second-order valence-corrected chi connectivity index (χ2v) is 11.7. The lowest BCUT2D eigenvalue weighted by atomic mass is 9.60. The van der Waals surface area contributed by atoms with E-state index in [1.54, 1.807) is 15.6 Å². The summed E-state index contributed by atoms with van der Waals surface area (Å²) in [6.07, 6.45) is 9.32. The van der Waals surface area contributed by atoms with E-state index < -0.39 is 0 Å². The fraction of sp³-hybridized carbons (Fsp3) is 0.643. The number of urea groups is 1. The predicted molar refractivity (Wildman–Crippen MR) is 143 cm³/mol. The number of rotatable bonds is 6. The number of nitrogens with zero attached hydrogens (tertiary/aromatic N) is 5. The Morgan fingerprint density at radius 2 is 2.05 bits per heavy atom. The van der Waals surface area contributed by atoms with Gasteiger partial charge in [0.2, 0.25) is 0 Å². The fourth-order valence-corrected chi connectivity index (χ4v) is 7.22. The number of carbonyl (C=O) groups excluding carboxylic acids is 1. The summed E-state index contributed by atoms with van der Waals surface area (Å²) in [5.74, 6) is 0.211. The Labute approximate surface area is 218 Å². The van der Waals surface area contributed by atoms with E-state index in [1.165, 1.54) is 44.7 Å². The minimum atomic E-state index is -0.315. The molecule has 2 aromatic rings. The highest BCUT2D eigenvalue weighted by atomic mass is 19.1. The summed E-state index contributed by atoms with van der Waals surface area (Å²) in [5, 5.41) is 7.85. The van der Waals surface area contributed by atoms with Gasteiger partial charge in [0.25, 0.3) is 0 Å². The molecule has 3 saturated heterocycles. The van der Waals surface area contributed by atoms with Crippen molar-refractivity contribution in [1.29, 1.82) is 0 Å². The number of halogens is 1. The Morgan fingerprint density at radius 1 is 1.30 bits per heavy atom. The molecule has 3 aliphatic heterocycles. The molecule has 2 amide bonds. The van der Waals surface area contributed by atoms with Crippen LogP contribution in [-0.2, 0) is 11.8 Å². The third-order valence-electron chi connectivity index (χ3n) is 9.21.